The van der Waals surface area contributed by atoms with Crippen LogP contribution in [0.1, 0.15) is 28.9 Å². The number of hydrogen-bond acceptors (Lipinski definition) is 5. The minimum atomic E-state index is -0.637. The molecule has 0 heterocycles. The van der Waals surface area contributed by atoms with Gasteiger partial charge in [0.25, 0.3) is 5.91 Å². The van der Waals surface area contributed by atoms with Crippen LogP contribution in [0.5, 0.6) is 5.75 Å². The van der Waals surface area contributed by atoms with Gasteiger partial charge < -0.3 is 15.4 Å². The molecular formula is C18H18BrN3O5. The maximum atomic E-state index is 12.2. The van der Waals surface area contributed by atoms with Crippen LogP contribution in [0, 0.1) is 10.1 Å². The number of carbonyl (C=O) groups is 2. The second-order valence-electron chi connectivity index (χ2n) is 5.64. The Hall–Kier alpha value is -2.94. The van der Waals surface area contributed by atoms with Gasteiger partial charge in [0.05, 0.1) is 24.6 Å². The van der Waals surface area contributed by atoms with Crippen molar-refractivity contribution >= 4 is 33.4 Å². The fraction of sp³-hybridized carbons (Fsp3) is 0.222. The first-order chi connectivity index (χ1) is 12.8. The van der Waals surface area contributed by atoms with Gasteiger partial charge in [-0.3, -0.25) is 19.7 Å². The molecule has 0 saturated carbocycles. The van der Waals surface area contributed by atoms with Gasteiger partial charge in [-0.25, -0.2) is 0 Å². The average Bonchev–Trinajstić information content (AvgIpc) is 2.65. The van der Waals surface area contributed by atoms with Crippen LogP contribution in [0.3, 0.4) is 0 Å². The number of halogens is 1. The van der Waals surface area contributed by atoms with E-state index in [4.69, 9.17) is 4.74 Å². The number of methoxy groups -OCH3 is 1. The van der Waals surface area contributed by atoms with Crippen LogP contribution in [0.4, 0.5) is 5.69 Å². The van der Waals surface area contributed by atoms with Crippen molar-refractivity contribution in [3.05, 3.63) is 68.2 Å². The fourth-order valence-electron chi connectivity index (χ4n) is 2.43. The number of nitrogens with zero attached hydrogens (tertiary/aromatic N) is 1. The van der Waals surface area contributed by atoms with Crippen molar-refractivity contribution in [3.63, 3.8) is 0 Å². The zero-order valence-corrected chi connectivity index (χ0v) is 16.3. The molecule has 8 nitrogen and oxygen atoms in total. The number of hydrogen-bond donors (Lipinski definition) is 2. The van der Waals surface area contributed by atoms with E-state index in [1.807, 2.05) is 31.2 Å². The molecule has 27 heavy (non-hydrogen) atoms. The zero-order valence-electron chi connectivity index (χ0n) is 14.7. The molecule has 2 amide bonds. The predicted octanol–water partition coefficient (Wildman–Crippen LogP) is 2.97. The number of nitrogens with one attached hydrogen (secondary N) is 2. The third-order valence-electron chi connectivity index (χ3n) is 3.80. The highest BCUT2D eigenvalue weighted by Crippen LogP contribution is 2.27. The maximum absolute atomic E-state index is 12.2. The molecule has 2 N–H and O–H groups in total. The van der Waals surface area contributed by atoms with Gasteiger partial charge in [-0.15, -0.1) is 0 Å². The molecule has 0 saturated heterocycles. The molecular weight excluding hydrogens is 418 g/mol. The number of ether oxygens (including phenoxy) is 1. The first-order valence-corrected chi connectivity index (χ1v) is 8.77. The number of benzene rings is 2. The van der Waals surface area contributed by atoms with Crippen LogP contribution < -0.4 is 15.4 Å². The lowest BCUT2D eigenvalue weighted by Gasteiger charge is -2.16. The Morgan fingerprint density at radius 2 is 1.96 bits per heavy atom. The van der Waals surface area contributed by atoms with Crippen molar-refractivity contribution in [2.45, 2.75) is 13.0 Å². The largest absolute Gasteiger partial charge is 0.490 e. The highest BCUT2D eigenvalue weighted by Gasteiger charge is 2.19. The summed E-state index contributed by atoms with van der Waals surface area (Å²) in [6.45, 7) is 1.57. The number of rotatable bonds is 7. The summed E-state index contributed by atoms with van der Waals surface area (Å²) in [6.07, 6.45) is 0. The highest BCUT2D eigenvalue weighted by molar-refractivity contribution is 9.10. The predicted molar refractivity (Wildman–Crippen MR) is 103 cm³/mol. The number of nitro groups is 1. The summed E-state index contributed by atoms with van der Waals surface area (Å²) in [5.41, 5.74) is 0.647. The summed E-state index contributed by atoms with van der Waals surface area (Å²) in [5, 5.41) is 16.3. The van der Waals surface area contributed by atoms with Gasteiger partial charge >= 0.3 is 5.69 Å². The lowest BCUT2D eigenvalue weighted by molar-refractivity contribution is -0.385. The van der Waals surface area contributed by atoms with E-state index in [1.165, 1.54) is 19.2 Å². The van der Waals surface area contributed by atoms with Crippen LogP contribution in [0.25, 0.3) is 0 Å². The van der Waals surface area contributed by atoms with Gasteiger partial charge in [0.2, 0.25) is 5.91 Å². The zero-order chi connectivity index (χ0) is 20.0. The number of amides is 2. The lowest BCUT2D eigenvalue weighted by atomic mass is 10.1. The Morgan fingerprint density at radius 1 is 1.26 bits per heavy atom. The standard InChI is InChI=1S/C18H18BrN3O5/c1-11(13-5-3-4-6-14(13)19)21-17(23)10-20-18(24)12-7-8-16(27-2)15(9-12)22(25)26/h3-9,11H,10H2,1-2H3,(H,20,24)(H,21,23). The molecule has 0 radical (unpaired) electrons. The second-order valence-corrected chi connectivity index (χ2v) is 6.49. The summed E-state index contributed by atoms with van der Waals surface area (Å²) < 4.78 is 5.76. The van der Waals surface area contributed by atoms with Gasteiger partial charge in [0, 0.05) is 16.1 Å². The second kappa shape index (κ2) is 9.13. The first-order valence-electron chi connectivity index (χ1n) is 7.98. The molecule has 0 bridgehead atoms. The normalized spacial score (nSPS) is 11.4. The smallest absolute Gasteiger partial charge is 0.311 e. The molecule has 0 fully saturated rings. The lowest BCUT2D eigenvalue weighted by Crippen LogP contribution is -2.38. The van der Waals surface area contributed by atoms with Crippen LogP contribution in [0.15, 0.2) is 46.9 Å². The molecule has 2 aromatic carbocycles. The summed E-state index contributed by atoms with van der Waals surface area (Å²) in [7, 11) is 1.30. The Balaban J connectivity index is 1.97. The van der Waals surface area contributed by atoms with Crippen LogP contribution in [-0.4, -0.2) is 30.4 Å². The van der Waals surface area contributed by atoms with E-state index >= 15 is 0 Å². The molecule has 1 atom stereocenters. The minimum absolute atomic E-state index is 0.0524. The topological polar surface area (TPSA) is 111 Å². The Morgan fingerprint density at radius 3 is 2.59 bits per heavy atom. The summed E-state index contributed by atoms with van der Waals surface area (Å²) in [5.74, 6) is -0.921. The summed E-state index contributed by atoms with van der Waals surface area (Å²) in [4.78, 5) is 34.6. The molecule has 2 aromatic rings. The Bertz CT molecular complexity index is 872. The van der Waals surface area contributed by atoms with E-state index < -0.39 is 10.8 Å². The van der Waals surface area contributed by atoms with Crippen molar-refractivity contribution in [1.82, 2.24) is 10.6 Å². The molecule has 0 aliphatic carbocycles. The van der Waals surface area contributed by atoms with E-state index in [0.29, 0.717) is 0 Å². The van der Waals surface area contributed by atoms with Crippen molar-refractivity contribution in [2.75, 3.05) is 13.7 Å². The number of nitro benzene ring substituents is 1. The average molecular weight is 436 g/mol. The highest BCUT2D eigenvalue weighted by atomic mass is 79.9. The third kappa shape index (κ3) is 5.27. The Labute approximate surface area is 164 Å². The van der Waals surface area contributed by atoms with Crippen molar-refractivity contribution < 1.29 is 19.2 Å². The van der Waals surface area contributed by atoms with Crippen LogP contribution in [0.2, 0.25) is 0 Å². The summed E-state index contributed by atoms with van der Waals surface area (Å²) >= 11 is 3.42. The summed E-state index contributed by atoms with van der Waals surface area (Å²) in [6, 6.07) is 11.1. The SMILES string of the molecule is COc1ccc(C(=O)NCC(=O)NC(C)c2ccccc2Br)cc1[N+](=O)[O-]. The van der Waals surface area contributed by atoms with Crippen LogP contribution >= 0.6 is 15.9 Å². The molecule has 9 heteroatoms. The van der Waals surface area contributed by atoms with Gasteiger partial charge in [-0.1, -0.05) is 34.1 Å². The quantitative estimate of drug-likeness (QED) is 0.512. The van der Waals surface area contributed by atoms with Gasteiger partial charge in [0.15, 0.2) is 5.75 Å². The van der Waals surface area contributed by atoms with Crippen molar-refractivity contribution in [3.8, 4) is 5.75 Å². The maximum Gasteiger partial charge on any atom is 0.311 e. The number of carbonyl (C=O) groups excluding carboxylic acids is 2. The van der Waals surface area contributed by atoms with E-state index in [2.05, 4.69) is 26.6 Å². The van der Waals surface area contributed by atoms with Crippen LogP contribution in [-0.2, 0) is 4.79 Å². The fourth-order valence-corrected chi connectivity index (χ4v) is 3.06. The monoisotopic (exact) mass is 435 g/mol. The first kappa shape index (κ1) is 20.4. The third-order valence-corrected chi connectivity index (χ3v) is 4.52. The van der Waals surface area contributed by atoms with E-state index in [-0.39, 0.29) is 35.5 Å². The molecule has 0 aliphatic heterocycles. The molecule has 1 unspecified atom stereocenters. The van der Waals surface area contributed by atoms with Gasteiger partial charge in [-0.05, 0) is 30.7 Å². The molecule has 0 aromatic heterocycles. The Kier molecular flexibility index (Phi) is 6.89. The van der Waals surface area contributed by atoms with Gasteiger partial charge in [-0.2, -0.15) is 0 Å². The van der Waals surface area contributed by atoms with Crippen molar-refractivity contribution in [1.29, 1.82) is 0 Å². The minimum Gasteiger partial charge on any atom is -0.490 e. The molecule has 142 valence electrons. The van der Waals surface area contributed by atoms with E-state index in [9.17, 15) is 19.7 Å². The van der Waals surface area contributed by atoms with E-state index in [0.717, 1.165) is 16.1 Å². The van der Waals surface area contributed by atoms with E-state index in [1.54, 1.807) is 0 Å². The van der Waals surface area contributed by atoms with Crippen molar-refractivity contribution in [2.24, 2.45) is 0 Å². The molecule has 2 rings (SSSR count). The van der Waals surface area contributed by atoms with Gasteiger partial charge in [0.1, 0.15) is 0 Å². The molecule has 0 aliphatic rings. The molecule has 0 spiro atoms.